The Morgan fingerprint density at radius 1 is 1.22 bits per heavy atom. The Kier molecular flexibility index (Phi) is 3.82. The number of benzene rings is 1. The molecule has 0 saturated carbocycles. The van der Waals surface area contributed by atoms with Crippen molar-refractivity contribution in [2.45, 2.75) is 32.7 Å². The lowest BCUT2D eigenvalue weighted by molar-refractivity contribution is 0.615. The van der Waals surface area contributed by atoms with Crippen LogP contribution in [0.3, 0.4) is 0 Å². The molecule has 0 spiro atoms. The predicted octanol–water partition coefficient (Wildman–Crippen LogP) is 2.53. The highest BCUT2D eigenvalue weighted by molar-refractivity contribution is 5.25. The first kappa shape index (κ1) is 12.8. The zero-order valence-corrected chi connectivity index (χ0v) is 11.4. The zero-order chi connectivity index (χ0) is 13.1. The standard InChI is InChI=1S/C15H21N3/c1-4-12-5-7-13(8-6-12)10-14(16)15-9-11(2)17-18(15)3/h5-9,14H,4,10,16H2,1-3H3. The maximum absolute atomic E-state index is 6.25. The van der Waals surface area contributed by atoms with Gasteiger partial charge >= 0.3 is 0 Å². The summed E-state index contributed by atoms with van der Waals surface area (Å²) >= 11 is 0. The van der Waals surface area contributed by atoms with E-state index in [1.165, 1.54) is 11.1 Å². The van der Waals surface area contributed by atoms with Crippen molar-refractivity contribution in [3.8, 4) is 0 Å². The van der Waals surface area contributed by atoms with Crippen molar-refractivity contribution in [3.05, 3.63) is 52.8 Å². The number of aryl methyl sites for hydroxylation is 3. The van der Waals surface area contributed by atoms with Gasteiger partial charge in [0.05, 0.1) is 17.4 Å². The molecular weight excluding hydrogens is 222 g/mol. The largest absolute Gasteiger partial charge is 0.322 e. The molecule has 2 N–H and O–H groups in total. The van der Waals surface area contributed by atoms with Gasteiger partial charge in [-0.15, -0.1) is 0 Å². The molecule has 2 rings (SSSR count). The highest BCUT2D eigenvalue weighted by atomic mass is 15.3. The molecule has 0 aliphatic rings. The van der Waals surface area contributed by atoms with Crippen molar-refractivity contribution < 1.29 is 0 Å². The zero-order valence-electron chi connectivity index (χ0n) is 11.4. The summed E-state index contributed by atoms with van der Waals surface area (Å²) in [5.41, 5.74) is 11.0. The summed E-state index contributed by atoms with van der Waals surface area (Å²) in [5.74, 6) is 0. The Bertz CT molecular complexity index is 511. The number of hydrogen-bond donors (Lipinski definition) is 1. The van der Waals surface area contributed by atoms with Crippen LogP contribution >= 0.6 is 0 Å². The fraction of sp³-hybridized carbons (Fsp3) is 0.400. The maximum atomic E-state index is 6.25. The average Bonchev–Trinajstić information content (AvgIpc) is 2.69. The third kappa shape index (κ3) is 2.79. The van der Waals surface area contributed by atoms with Crippen molar-refractivity contribution >= 4 is 0 Å². The van der Waals surface area contributed by atoms with E-state index in [-0.39, 0.29) is 6.04 Å². The van der Waals surface area contributed by atoms with Crippen LogP contribution in [0.5, 0.6) is 0 Å². The van der Waals surface area contributed by atoms with E-state index in [2.05, 4.69) is 42.4 Å². The van der Waals surface area contributed by atoms with Crippen molar-refractivity contribution in [3.63, 3.8) is 0 Å². The lowest BCUT2D eigenvalue weighted by Crippen LogP contribution is -2.17. The van der Waals surface area contributed by atoms with Gasteiger partial charge in [-0.05, 0) is 37.0 Å². The lowest BCUT2D eigenvalue weighted by atomic mass is 10.0. The second-order valence-electron chi connectivity index (χ2n) is 4.81. The Morgan fingerprint density at radius 3 is 2.33 bits per heavy atom. The van der Waals surface area contributed by atoms with Crippen LogP contribution in [0.25, 0.3) is 0 Å². The molecule has 0 aliphatic carbocycles. The average molecular weight is 243 g/mol. The molecule has 96 valence electrons. The van der Waals surface area contributed by atoms with Crippen LogP contribution in [0.1, 0.15) is 35.5 Å². The van der Waals surface area contributed by atoms with Gasteiger partial charge in [-0.1, -0.05) is 31.2 Å². The molecule has 1 heterocycles. The summed E-state index contributed by atoms with van der Waals surface area (Å²) in [7, 11) is 1.95. The predicted molar refractivity (Wildman–Crippen MR) is 74.4 cm³/mol. The molecule has 1 aromatic heterocycles. The maximum Gasteiger partial charge on any atom is 0.0597 e. The van der Waals surface area contributed by atoms with Crippen LogP contribution in [-0.2, 0) is 19.9 Å². The molecule has 3 heteroatoms. The fourth-order valence-electron chi connectivity index (χ4n) is 2.25. The molecular formula is C15H21N3. The minimum atomic E-state index is 0.00340. The Hall–Kier alpha value is -1.61. The summed E-state index contributed by atoms with van der Waals surface area (Å²) in [6, 6.07) is 10.8. The smallest absolute Gasteiger partial charge is 0.0597 e. The molecule has 1 atom stereocenters. The van der Waals surface area contributed by atoms with Gasteiger partial charge in [0.25, 0.3) is 0 Å². The second-order valence-corrected chi connectivity index (χ2v) is 4.81. The van der Waals surface area contributed by atoms with Crippen molar-refractivity contribution in [1.29, 1.82) is 0 Å². The molecule has 3 nitrogen and oxygen atoms in total. The normalized spacial score (nSPS) is 12.7. The van der Waals surface area contributed by atoms with Crippen molar-refractivity contribution in [2.24, 2.45) is 12.8 Å². The number of rotatable bonds is 4. The summed E-state index contributed by atoms with van der Waals surface area (Å²) in [5, 5.41) is 4.34. The summed E-state index contributed by atoms with van der Waals surface area (Å²) in [4.78, 5) is 0. The van der Waals surface area contributed by atoms with E-state index in [1.54, 1.807) is 0 Å². The van der Waals surface area contributed by atoms with Gasteiger partial charge in [0.15, 0.2) is 0 Å². The molecule has 0 saturated heterocycles. The molecule has 0 radical (unpaired) electrons. The molecule has 0 aliphatic heterocycles. The summed E-state index contributed by atoms with van der Waals surface area (Å²) < 4.78 is 1.88. The van der Waals surface area contributed by atoms with Crippen LogP contribution < -0.4 is 5.73 Å². The minimum absolute atomic E-state index is 0.00340. The number of aromatic nitrogens is 2. The summed E-state index contributed by atoms with van der Waals surface area (Å²) in [6.45, 7) is 4.16. The van der Waals surface area contributed by atoms with Gasteiger partial charge in [-0.25, -0.2) is 0 Å². The third-order valence-corrected chi connectivity index (χ3v) is 3.30. The first-order valence-electron chi connectivity index (χ1n) is 6.44. The van der Waals surface area contributed by atoms with Gasteiger partial charge in [-0.3, -0.25) is 4.68 Å². The van der Waals surface area contributed by atoms with Crippen LogP contribution in [0, 0.1) is 6.92 Å². The summed E-state index contributed by atoms with van der Waals surface area (Å²) in [6.07, 6.45) is 1.93. The van der Waals surface area contributed by atoms with Crippen LogP contribution in [0.4, 0.5) is 0 Å². The SMILES string of the molecule is CCc1ccc(CC(N)c2cc(C)nn2C)cc1. The van der Waals surface area contributed by atoms with E-state index >= 15 is 0 Å². The van der Waals surface area contributed by atoms with Crippen molar-refractivity contribution in [2.75, 3.05) is 0 Å². The van der Waals surface area contributed by atoms with Gasteiger partial charge in [0.2, 0.25) is 0 Å². The van der Waals surface area contributed by atoms with Gasteiger partial charge in [0, 0.05) is 7.05 Å². The second kappa shape index (κ2) is 5.36. The Morgan fingerprint density at radius 2 is 1.83 bits per heavy atom. The topological polar surface area (TPSA) is 43.8 Å². The van der Waals surface area contributed by atoms with Gasteiger partial charge in [0.1, 0.15) is 0 Å². The molecule has 0 fully saturated rings. The van der Waals surface area contributed by atoms with Crippen molar-refractivity contribution in [1.82, 2.24) is 9.78 Å². The van der Waals surface area contributed by atoms with Crippen LogP contribution in [0.15, 0.2) is 30.3 Å². The van der Waals surface area contributed by atoms with E-state index in [0.29, 0.717) is 0 Å². The van der Waals surface area contributed by atoms with E-state index < -0.39 is 0 Å². The minimum Gasteiger partial charge on any atom is -0.322 e. The molecule has 18 heavy (non-hydrogen) atoms. The Labute approximate surface area is 109 Å². The fourth-order valence-corrected chi connectivity index (χ4v) is 2.25. The number of nitrogens with zero attached hydrogens (tertiary/aromatic N) is 2. The molecule has 0 amide bonds. The molecule has 1 aromatic carbocycles. The molecule has 1 unspecified atom stereocenters. The first-order valence-corrected chi connectivity index (χ1v) is 6.44. The van der Waals surface area contributed by atoms with E-state index in [1.807, 2.05) is 18.7 Å². The molecule has 0 bridgehead atoms. The highest BCUT2D eigenvalue weighted by Crippen LogP contribution is 2.17. The van der Waals surface area contributed by atoms with E-state index in [0.717, 1.165) is 24.2 Å². The Balaban J connectivity index is 2.10. The van der Waals surface area contributed by atoms with Crippen LogP contribution in [-0.4, -0.2) is 9.78 Å². The van der Waals surface area contributed by atoms with E-state index in [9.17, 15) is 0 Å². The lowest BCUT2D eigenvalue weighted by Gasteiger charge is -2.12. The quantitative estimate of drug-likeness (QED) is 0.896. The monoisotopic (exact) mass is 243 g/mol. The first-order chi connectivity index (χ1) is 8.60. The number of nitrogens with two attached hydrogens (primary N) is 1. The molecule has 2 aromatic rings. The highest BCUT2D eigenvalue weighted by Gasteiger charge is 2.12. The van der Waals surface area contributed by atoms with E-state index in [4.69, 9.17) is 5.73 Å². The van der Waals surface area contributed by atoms with Gasteiger partial charge < -0.3 is 5.73 Å². The van der Waals surface area contributed by atoms with Crippen LogP contribution in [0.2, 0.25) is 0 Å². The number of hydrogen-bond acceptors (Lipinski definition) is 2. The van der Waals surface area contributed by atoms with Gasteiger partial charge in [-0.2, -0.15) is 5.10 Å². The third-order valence-electron chi connectivity index (χ3n) is 3.30.